The number of para-hydroxylation sites is 1. The molecular weight excluding hydrogens is 404 g/mol. The van der Waals surface area contributed by atoms with Gasteiger partial charge in [0.25, 0.3) is 0 Å². The zero-order valence-electron chi connectivity index (χ0n) is 17.1. The minimum Gasteiger partial charge on any atom is -0.497 e. The number of amides is 1. The van der Waals surface area contributed by atoms with E-state index in [1.54, 1.807) is 30.5 Å². The molecule has 3 aromatic rings. The van der Waals surface area contributed by atoms with Crippen LogP contribution in [0.2, 0.25) is 0 Å². The van der Waals surface area contributed by atoms with Crippen molar-refractivity contribution in [3.63, 3.8) is 0 Å². The fourth-order valence-electron chi connectivity index (χ4n) is 3.07. The molecule has 158 valence electrons. The number of hydrogen-bond donors (Lipinski definition) is 1. The predicted molar refractivity (Wildman–Crippen MR) is 115 cm³/mol. The monoisotopic (exact) mass is 428 g/mol. The van der Waals surface area contributed by atoms with Crippen molar-refractivity contribution in [2.45, 2.75) is 13.5 Å². The number of carbonyl (C=O) groups excluding carboxylic acids is 1. The highest BCUT2D eigenvalue weighted by Gasteiger charge is 2.21. The van der Waals surface area contributed by atoms with Crippen LogP contribution in [-0.2, 0) is 21.4 Å². The van der Waals surface area contributed by atoms with E-state index < -0.39 is 15.9 Å². The number of aromatic nitrogens is 2. The molecular formula is C21H24N4O4S. The molecule has 0 aliphatic rings. The first kappa shape index (κ1) is 21.4. The van der Waals surface area contributed by atoms with E-state index in [2.05, 4.69) is 10.3 Å². The quantitative estimate of drug-likeness (QED) is 0.594. The van der Waals surface area contributed by atoms with Crippen LogP contribution in [0.15, 0.2) is 60.9 Å². The smallest absolute Gasteiger partial charge is 0.241 e. The number of rotatable bonds is 8. The number of ether oxygens (including phenoxy) is 1. The van der Waals surface area contributed by atoms with Crippen LogP contribution in [0, 0.1) is 6.92 Å². The van der Waals surface area contributed by atoms with Crippen LogP contribution in [0.4, 0.5) is 5.69 Å². The second-order valence-electron chi connectivity index (χ2n) is 6.72. The zero-order chi connectivity index (χ0) is 21.7. The van der Waals surface area contributed by atoms with E-state index >= 15 is 0 Å². The van der Waals surface area contributed by atoms with Gasteiger partial charge in [0, 0.05) is 25.0 Å². The summed E-state index contributed by atoms with van der Waals surface area (Å²) in [5.74, 6) is 0.918. The van der Waals surface area contributed by atoms with Crippen molar-refractivity contribution in [2.75, 3.05) is 24.2 Å². The first-order valence-corrected chi connectivity index (χ1v) is 11.1. The van der Waals surface area contributed by atoms with Crippen LogP contribution in [0.3, 0.4) is 0 Å². The summed E-state index contributed by atoms with van der Waals surface area (Å²) in [6.07, 6.45) is 4.63. The number of benzene rings is 2. The van der Waals surface area contributed by atoms with Gasteiger partial charge in [-0.05, 0) is 30.7 Å². The highest BCUT2D eigenvalue weighted by Crippen LogP contribution is 2.23. The summed E-state index contributed by atoms with van der Waals surface area (Å²) in [7, 11) is -2.17. The molecule has 1 N–H and O–H groups in total. The summed E-state index contributed by atoms with van der Waals surface area (Å²) in [5, 5.41) is 2.81. The second-order valence-corrected chi connectivity index (χ2v) is 8.63. The topological polar surface area (TPSA) is 93.5 Å². The Balaban J connectivity index is 1.75. The predicted octanol–water partition coefficient (Wildman–Crippen LogP) is 2.27. The molecule has 8 nitrogen and oxygen atoms in total. The van der Waals surface area contributed by atoms with Gasteiger partial charge in [-0.25, -0.2) is 13.4 Å². The molecule has 3 rings (SSSR count). The van der Waals surface area contributed by atoms with E-state index in [1.807, 2.05) is 42.0 Å². The summed E-state index contributed by atoms with van der Waals surface area (Å²) in [6.45, 7) is 1.81. The van der Waals surface area contributed by atoms with E-state index in [0.717, 1.165) is 27.6 Å². The third-order valence-corrected chi connectivity index (χ3v) is 5.72. The molecule has 2 aromatic carbocycles. The summed E-state index contributed by atoms with van der Waals surface area (Å²) >= 11 is 0. The lowest BCUT2D eigenvalue weighted by Crippen LogP contribution is -2.40. The van der Waals surface area contributed by atoms with Crippen molar-refractivity contribution in [3.8, 4) is 11.4 Å². The van der Waals surface area contributed by atoms with Gasteiger partial charge in [0.15, 0.2) is 0 Å². The number of nitrogens with one attached hydrogen (secondary N) is 1. The number of carbonyl (C=O) groups is 1. The Morgan fingerprint density at radius 3 is 2.63 bits per heavy atom. The van der Waals surface area contributed by atoms with E-state index in [1.165, 1.54) is 7.11 Å². The Labute approximate surface area is 176 Å². The summed E-state index contributed by atoms with van der Waals surface area (Å²) in [5.41, 5.74) is 2.15. The number of hydrogen-bond acceptors (Lipinski definition) is 5. The molecule has 0 unspecified atom stereocenters. The Bertz CT molecular complexity index is 1140. The first-order valence-electron chi connectivity index (χ1n) is 9.26. The van der Waals surface area contributed by atoms with Gasteiger partial charge < -0.3 is 14.6 Å². The van der Waals surface area contributed by atoms with Crippen LogP contribution in [0.25, 0.3) is 5.69 Å². The number of aryl methyl sites for hydroxylation is 1. The molecule has 30 heavy (non-hydrogen) atoms. The maximum atomic E-state index is 12.6. The fraction of sp³-hybridized carbons (Fsp3) is 0.238. The van der Waals surface area contributed by atoms with Gasteiger partial charge in [0.1, 0.15) is 18.1 Å². The zero-order valence-corrected chi connectivity index (χ0v) is 17.9. The lowest BCUT2D eigenvalue weighted by Gasteiger charge is -2.22. The largest absolute Gasteiger partial charge is 0.497 e. The summed E-state index contributed by atoms with van der Waals surface area (Å²) in [6, 6.07) is 14.2. The van der Waals surface area contributed by atoms with Crippen LogP contribution in [0.5, 0.6) is 5.75 Å². The van der Waals surface area contributed by atoms with Gasteiger partial charge in [-0.1, -0.05) is 24.3 Å². The third kappa shape index (κ3) is 4.98. The average molecular weight is 429 g/mol. The van der Waals surface area contributed by atoms with E-state index in [9.17, 15) is 13.2 Å². The SMILES string of the molecule is COc1cccc(N(CC(=O)NCc2ccccc2-n2ccnc2C)S(C)(=O)=O)c1. The maximum absolute atomic E-state index is 12.6. The molecule has 0 fully saturated rings. The third-order valence-electron chi connectivity index (χ3n) is 4.58. The van der Waals surface area contributed by atoms with E-state index in [0.29, 0.717) is 11.4 Å². The van der Waals surface area contributed by atoms with Crippen molar-refractivity contribution >= 4 is 21.6 Å². The Hall–Kier alpha value is -3.33. The molecule has 0 bridgehead atoms. The van der Waals surface area contributed by atoms with Crippen molar-refractivity contribution < 1.29 is 17.9 Å². The Kier molecular flexibility index (Phi) is 6.41. The number of imidazole rings is 1. The van der Waals surface area contributed by atoms with Crippen molar-refractivity contribution in [1.82, 2.24) is 14.9 Å². The highest BCUT2D eigenvalue weighted by molar-refractivity contribution is 7.92. The maximum Gasteiger partial charge on any atom is 0.241 e. The highest BCUT2D eigenvalue weighted by atomic mass is 32.2. The van der Waals surface area contributed by atoms with Crippen LogP contribution < -0.4 is 14.4 Å². The number of sulfonamides is 1. The second kappa shape index (κ2) is 9.00. The number of nitrogens with zero attached hydrogens (tertiary/aromatic N) is 3. The van der Waals surface area contributed by atoms with Crippen molar-refractivity contribution in [1.29, 1.82) is 0 Å². The molecule has 1 heterocycles. The molecule has 0 aliphatic carbocycles. The molecule has 1 amide bonds. The lowest BCUT2D eigenvalue weighted by atomic mass is 10.1. The standard InChI is InChI=1S/C21H24N4O4S/c1-16-22-11-12-24(16)20-10-5-4-7-17(20)14-23-21(26)15-25(30(3,27)28)18-8-6-9-19(13-18)29-2/h4-13H,14-15H2,1-3H3,(H,23,26). The van der Waals surface area contributed by atoms with Gasteiger partial charge in [-0.15, -0.1) is 0 Å². The summed E-state index contributed by atoms with van der Waals surface area (Å²) < 4.78 is 32.7. The fourth-order valence-corrected chi connectivity index (χ4v) is 3.92. The number of methoxy groups -OCH3 is 1. The van der Waals surface area contributed by atoms with Crippen molar-refractivity contribution in [2.24, 2.45) is 0 Å². The van der Waals surface area contributed by atoms with E-state index in [4.69, 9.17) is 4.74 Å². The van der Waals surface area contributed by atoms with Gasteiger partial charge in [-0.3, -0.25) is 9.10 Å². The normalized spacial score (nSPS) is 11.2. The minimum absolute atomic E-state index is 0.252. The van der Waals surface area contributed by atoms with Gasteiger partial charge in [0.05, 0.1) is 24.7 Å². The molecule has 0 saturated heterocycles. The molecule has 0 radical (unpaired) electrons. The Morgan fingerprint density at radius 1 is 1.20 bits per heavy atom. The molecule has 9 heteroatoms. The van der Waals surface area contributed by atoms with Crippen LogP contribution in [0.1, 0.15) is 11.4 Å². The van der Waals surface area contributed by atoms with E-state index in [-0.39, 0.29) is 13.1 Å². The van der Waals surface area contributed by atoms with Gasteiger partial charge >= 0.3 is 0 Å². The first-order chi connectivity index (χ1) is 14.3. The van der Waals surface area contributed by atoms with Gasteiger partial charge in [0.2, 0.25) is 15.9 Å². The number of anilines is 1. The average Bonchev–Trinajstić information content (AvgIpc) is 3.15. The van der Waals surface area contributed by atoms with Crippen molar-refractivity contribution in [3.05, 3.63) is 72.3 Å². The molecule has 0 saturated carbocycles. The van der Waals surface area contributed by atoms with Crippen LogP contribution >= 0.6 is 0 Å². The summed E-state index contributed by atoms with van der Waals surface area (Å²) in [4.78, 5) is 16.8. The Morgan fingerprint density at radius 2 is 1.97 bits per heavy atom. The molecule has 0 spiro atoms. The van der Waals surface area contributed by atoms with Gasteiger partial charge in [-0.2, -0.15) is 0 Å². The van der Waals surface area contributed by atoms with Crippen LogP contribution in [-0.4, -0.2) is 43.8 Å². The minimum atomic E-state index is -3.67. The molecule has 0 aliphatic heterocycles. The molecule has 0 atom stereocenters. The molecule has 1 aromatic heterocycles. The lowest BCUT2D eigenvalue weighted by molar-refractivity contribution is -0.119.